The van der Waals surface area contributed by atoms with Crippen molar-refractivity contribution in [3.05, 3.63) is 17.0 Å². The fraction of sp³-hybridized carbons (Fsp3) is 0.765. The molecule has 2 aliphatic rings. The van der Waals surface area contributed by atoms with Gasteiger partial charge in [-0.2, -0.15) is 0 Å². The van der Waals surface area contributed by atoms with Crippen molar-refractivity contribution in [2.75, 3.05) is 24.5 Å². The SMILES string of the molecule is CCN(CC)c1nc(C)c2c(n1)CCC(CNC1CC1)C2. The molecule has 0 bridgehead atoms. The van der Waals surface area contributed by atoms with Crippen LogP contribution < -0.4 is 10.2 Å². The molecule has 0 aromatic carbocycles. The largest absolute Gasteiger partial charge is 0.341 e. The summed E-state index contributed by atoms with van der Waals surface area (Å²) >= 11 is 0. The number of aromatic nitrogens is 2. The van der Waals surface area contributed by atoms with Gasteiger partial charge in [-0.15, -0.1) is 0 Å². The first kappa shape index (κ1) is 14.8. The van der Waals surface area contributed by atoms with Gasteiger partial charge in [0.05, 0.1) is 0 Å². The molecule has 1 unspecified atom stereocenters. The first-order chi connectivity index (χ1) is 10.2. The van der Waals surface area contributed by atoms with E-state index in [9.17, 15) is 0 Å². The number of hydrogen-bond acceptors (Lipinski definition) is 4. The van der Waals surface area contributed by atoms with E-state index in [4.69, 9.17) is 9.97 Å². The molecule has 1 fully saturated rings. The van der Waals surface area contributed by atoms with Gasteiger partial charge in [-0.25, -0.2) is 9.97 Å². The second kappa shape index (κ2) is 6.30. The molecule has 0 radical (unpaired) electrons. The highest BCUT2D eigenvalue weighted by Crippen LogP contribution is 2.28. The Morgan fingerprint density at radius 1 is 1.14 bits per heavy atom. The smallest absolute Gasteiger partial charge is 0.225 e. The molecule has 1 heterocycles. The molecule has 0 spiro atoms. The first-order valence-electron chi connectivity index (χ1n) is 8.56. The van der Waals surface area contributed by atoms with Crippen LogP contribution in [-0.2, 0) is 12.8 Å². The Kier molecular flexibility index (Phi) is 4.43. The Morgan fingerprint density at radius 3 is 2.57 bits per heavy atom. The van der Waals surface area contributed by atoms with Crippen LogP contribution in [0.25, 0.3) is 0 Å². The molecular weight excluding hydrogens is 260 g/mol. The van der Waals surface area contributed by atoms with E-state index in [0.29, 0.717) is 0 Å². The van der Waals surface area contributed by atoms with Crippen LogP contribution in [-0.4, -0.2) is 35.6 Å². The van der Waals surface area contributed by atoms with E-state index in [2.05, 4.69) is 31.0 Å². The van der Waals surface area contributed by atoms with Gasteiger partial charge in [-0.05, 0) is 70.9 Å². The average molecular weight is 288 g/mol. The molecule has 0 saturated heterocycles. The number of hydrogen-bond donors (Lipinski definition) is 1. The van der Waals surface area contributed by atoms with Gasteiger partial charge in [-0.3, -0.25) is 0 Å². The quantitative estimate of drug-likeness (QED) is 0.873. The van der Waals surface area contributed by atoms with Crippen LogP contribution in [0.15, 0.2) is 0 Å². The van der Waals surface area contributed by atoms with Crippen LogP contribution in [0, 0.1) is 12.8 Å². The molecule has 1 aromatic heterocycles. The number of fused-ring (bicyclic) bond motifs is 1. The van der Waals surface area contributed by atoms with Crippen molar-refractivity contribution in [2.45, 2.75) is 58.9 Å². The second-order valence-electron chi connectivity index (χ2n) is 6.50. The third kappa shape index (κ3) is 3.37. The van der Waals surface area contributed by atoms with Crippen LogP contribution in [0.4, 0.5) is 5.95 Å². The minimum Gasteiger partial charge on any atom is -0.341 e. The number of aryl methyl sites for hydroxylation is 2. The molecule has 3 rings (SSSR count). The Labute approximate surface area is 128 Å². The van der Waals surface area contributed by atoms with Crippen molar-refractivity contribution < 1.29 is 0 Å². The summed E-state index contributed by atoms with van der Waals surface area (Å²) in [5.74, 6) is 1.69. The minimum absolute atomic E-state index is 0.764. The molecule has 1 atom stereocenters. The molecule has 0 amide bonds. The van der Waals surface area contributed by atoms with Crippen molar-refractivity contribution in [2.24, 2.45) is 5.92 Å². The highest BCUT2D eigenvalue weighted by atomic mass is 15.2. The lowest BCUT2D eigenvalue weighted by molar-refractivity contribution is 0.417. The summed E-state index contributed by atoms with van der Waals surface area (Å²) in [6.07, 6.45) is 6.28. The molecule has 1 saturated carbocycles. The number of nitrogens with zero attached hydrogens (tertiary/aromatic N) is 3. The number of nitrogens with one attached hydrogen (secondary N) is 1. The maximum atomic E-state index is 4.85. The molecule has 116 valence electrons. The standard InChI is InChI=1S/C17H28N4/c1-4-21(5-2)17-19-12(3)15-10-13(6-9-16(15)20-17)11-18-14-7-8-14/h13-14,18H,4-11H2,1-3H3. The lowest BCUT2D eigenvalue weighted by Gasteiger charge is -2.27. The summed E-state index contributed by atoms with van der Waals surface area (Å²) in [7, 11) is 0. The Bertz CT molecular complexity index is 492. The summed E-state index contributed by atoms with van der Waals surface area (Å²) in [5, 5.41) is 3.68. The minimum atomic E-state index is 0.764. The Morgan fingerprint density at radius 2 is 1.90 bits per heavy atom. The van der Waals surface area contributed by atoms with Crippen LogP contribution in [0.5, 0.6) is 0 Å². The fourth-order valence-corrected chi connectivity index (χ4v) is 3.29. The van der Waals surface area contributed by atoms with Gasteiger partial charge in [0.15, 0.2) is 0 Å². The third-order valence-electron chi connectivity index (χ3n) is 4.89. The molecule has 1 N–H and O–H groups in total. The summed E-state index contributed by atoms with van der Waals surface area (Å²) in [4.78, 5) is 11.9. The first-order valence-corrected chi connectivity index (χ1v) is 8.56. The lowest BCUT2D eigenvalue weighted by Crippen LogP contribution is -2.31. The topological polar surface area (TPSA) is 41.1 Å². The summed E-state index contributed by atoms with van der Waals surface area (Å²) in [5.41, 5.74) is 3.91. The van der Waals surface area contributed by atoms with Gasteiger partial charge in [0.2, 0.25) is 5.95 Å². The van der Waals surface area contributed by atoms with Gasteiger partial charge in [0, 0.05) is 30.5 Å². The van der Waals surface area contributed by atoms with E-state index in [1.807, 2.05) is 0 Å². The highest BCUT2D eigenvalue weighted by molar-refractivity contribution is 5.38. The van der Waals surface area contributed by atoms with Gasteiger partial charge in [0.1, 0.15) is 0 Å². The molecule has 4 heteroatoms. The van der Waals surface area contributed by atoms with Crippen LogP contribution in [0.1, 0.15) is 50.1 Å². The van der Waals surface area contributed by atoms with Crippen molar-refractivity contribution in [1.29, 1.82) is 0 Å². The van der Waals surface area contributed by atoms with E-state index in [1.165, 1.54) is 42.8 Å². The molecule has 0 aliphatic heterocycles. The number of rotatable bonds is 6. The summed E-state index contributed by atoms with van der Waals surface area (Å²) in [6, 6.07) is 0.814. The normalized spacial score (nSPS) is 21.2. The lowest BCUT2D eigenvalue weighted by atomic mass is 9.86. The zero-order valence-electron chi connectivity index (χ0n) is 13.7. The fourth-order valence-electron chi connectivity index (χ4n) is 3.29. The summed E-state index contributed by atoms with van der Waals surface area (Å²) in [6.45, 7) is 9.61. The number of anilines is 1. The van der Waals surface area contributed by atoms with E-state index >= 15 is 0 Å². The monoisotopic (exact) mass is 288 g/mol. The van der Waals surface area contributed by atoms with E-state index < -0.39 is 0 Å². The van der Waals surface area contributed by atoms with Gasteiger partial charge in [0.25, 0.3) is 0 Å². The zero-order valence-corrected chi connectivity index (χ0v) is 13.7. The van der Waals surface area contributed by atoms with E-state index in [-0.39, 0.29) is 0 Å². The molecule has 4 nitrogen and oxygen atoms in total. The van der Waals surface area contributed by atoms with Crippen molar-refractivity contribution >= 4 is 5.95 Å². The molecule has 1 aromatic rings. The maximum Gasteiger partial charge on any atom is 0.225 e. The predicted molar refractivity (Wildman–Crippen MR) is 86.9 cm³/mol. The molecule has 2 aliphatic carbocycles. The predicted octanol–water partition coefficient (Wildman–Crippen LogP) is 2.49. The van der Waals surface area contributed by atoms with Crippen LogP contribution in [0.3, 0.4) is 0 Å². The Hall–Kier alpha value is -1.16. The van der Waals surface area contributed by atoms with Gasteiger partial charge < -0.3 is 10.2 Å². The maximum absolute atomic E-state index is 4.85. The van der Waals surface area contributed by atoms with Crippen molar-refractivity contribution in [3.63, 3.8) is 0 Å². The molecular formula is C17H28N4. The zero-order chi connectivity index (χ0) is 14.8. The van der Waals surface area contributed by atoms with Crippen molar-refractivity contribution in [3.8, 4) is 0 Å². The van der Waals surface area contributed by atoms with E-state index in [1.54, 1.807) is 0 Å². The van der Waals surface area contributed by atoms with Crippen molar-refractivity contribution in [1.82, 2.24) is 15.3 Å². The average Bonchev–Trinajstić information content (AvgIpc) is 3.31. The van der Waals surface area contributed by atoms with Crippen LogP contribution >= 0.6 is 0 Å². The molecule has 21 heavy (non-hydrogen) atoms. The van der Waals surface area contributed by atoms with Gasteiger partial charge >= 0.3 is 0 Å². The second-order valence-corrected chi connectivity index (χ2v) is 6.50. The van der Waals surface area contributed by atoms with Crippen LogP contribution in [0.2, 0.25) is 0 Å². The highest BCUT2D eigenvalue weighted by Gasteiger charge is 2.26. The Balaban J connectivity index is 1.72. The van der Waals surface area contributed by atoms with Gasteiger partial charge in [-0.1, -0.05) is 0 Å². The third-order valence-corrected chi connectivity index (χ3v) is 4.89. The summed E-state index contributed by atoms with van der Waals surface area (Å²) < 4.78 is 0. The van der Waals surface area contributed by atoms with E-state index in [0.717, 1.165) is 43.8 Å².